The van der Waals surface area contributed by atoms with Crippen LogP contribution < -0.4 is 10.6 Å². The Bertz CT molecular complexity index is 365. The minimum absolute atomic E-state index is 0.0226. The van der Waals surface area contributed by atoms with Gasteiger partial charge >= 0.3 is 5.97 Å². The number of carboxylic acid groups (broad SMARTS) is 1. The molecule has 2 heterocycles. The maximum atomic E-state index is 12.1. The Labute approximate surface area is 100.0 Å². The van der Waals surface area contributed by atoms with Gasteiger partial charge < -0.3 is 15.7 Å². The van der Waals surface area contributed by atoms with Gasteiger partial charge in [0.25, 0.3) is 0 Å². The highest BCUT2D eigenvalue weighted by atomic mass is 16.4. The van der Waals surface area contributed by atoms with E-state index in [2.05, 4.69) is 10.6 Å². The van der Waals surface area contributed by atoms with Gasteiger partial charge in [0.15, 0.2) is 0 Å². The highest BCUT2D eigenvalue weighted by Gasteiger charge is 2.49. The van der Waals surface area contributed by atoms with Gasteiger partial charge in [-0.2, -0.15) is 0 Å². The first-order valence-corrected chi connectivity index (χ1v) is 6.42. The van der Waals surface area contributed by atoms with Gasteiger partial charge in [-0.15, -0.1) is 0 Å². The summed E-state index contributed by atoms with van der Waals surface area (Å²) in [7, 11) is 0. The lowest BCUT2D eigenvalue weighted by Crippen LogP contribution is -2.60. The van der Waals surface area contributed by atoms with Gasteiger partial charge in [-0.1, -0.05) is 0 Å². The quantitative estimate of drug-likeness (QED) is 0.658. The summed E-state index contributed by atoms with van der Waals surface area (Å²) in [6.07, 6.45) is 5.10. The first kappa shape index (κ1) is 11.0. The predicted molar refractivity (Wildman–Crippen MR) is 60.4 cm³/mol. The topological polar surface area (TPSA) is 78.4 Å². The van der Waals surface area contributed by atoms with Crippen LogP contribution in [0.2, 0.25) is 0 Å². The smallest absolute Gasteiger partial charge is 0.329 e. The van der Waals surface area contributed by atoms with E-state index in [1.54, 1.807) is 0 Å². The third kappa shape index (κ3) is 1.64. The summed E-state index contributed by atoms with van der Waals surface area (Å²) < 4.78 is 0. The first-order chi connectivity index (χ1) is 8.11. The molecule has 3 unspecified atom stereocenters. The summed E-state index contributed by atoms with van der Waals surface area (Å²) in [4.78, 5) is 23.3. The van der Waals surface area contributed by atoms with Crippen LogP contribution in [0.15, 0.2) is 0 Å². The molecule has 1 amide bonds. The number of carboxylic acids is 1. The van der Waals surface area contributed by atoms with E-state index >= 15 is 0 Å². The SMILES string of the molecule is O=C(NC1(C(=O)O)CCC1)C1CC2CCC1N2. The van der Waals surface area contributed by atoms with Crippen molar-refractivity contribution in [2.45, 2.75) is 56.1 Å². The highest BCUT2D eigenvalue weighted by molar-refractivity contribution is 5.89. The Hall–Kier alpha value is -1.10. The van der Waals surface area contributed by atoms with Crippen molar-refractivity contribution >= 4 is 11.9 Å². The number of aliphatic carboxylic acids is 1. The molecule has 0 radical (unpaired) electrons. The number of fused-ring (bicyclic) bond motifs is 2. The van der Waals surface area contributed by atoms with Crippen molar-refractivity contribution < 1.29 is 14.7 Å². The van der Waals surface area contributed by atoms with Crippen molar-refractivity contribution in [2.24, 2.45) is 5.92 Å². The van der Waals surface area contributed by atoms with Gasteiger partial charge in [-0.25, -0.2) is 4.79 Å². The molecule has 2 aliphatic heterocycles. The second kappa shape index (κ2) is 3.70. The number of hydrogen-bond donors (Lipinski definition) is 3. The van der Waals surface area contributed by atoms with E-state index in [0.29, 0.717) is 18.9 Å². The number of carbonyl (C=O) groups is 2. The Kier molecular flexibility index (Phi) is 2.40. The maximum Gasteiger partial charge on any atom is 0.329 e. The van der Waals surface area contributed by atoms with E-state index < -0.39 is 11.5 Å². The fourth-order valence-electron chi connectivity index (χ4n) is 3.37. The third-order valence-corrected chi connectivity index (χ3v) is 4.62. The molecule has 3 aliphatic rings. The summed E-state index contributed by atoms with van der Waals surface area (Å²) in [6.45, 7) is 0. The lowest BCUT2D eigenvalue weighted by atomic mass is 9.76. The standard InChI is InChI=1S/C12H18N2O3/c15-10(8-6-7-2-3-9(8)13-7)14-12(11(16)17)4-1-5-12/h7-9,13H,1-6H2,(H,14,15)(H,16,17). The van der Waals surface area contributed by atoms with Crippen LogP contribution in [0.4, 0.5) is 0 Å². The van der Waals surface area contributed by atoms with Crippen molar-refractivity contribution in [1.29, 1.82) is 0 Å². The number of rotatable bonds is 3. The zero-order valence-electron chi connectivity index (χ0n) is 9.74. The summed E-state index contributed by atoms with van der Waals surface area (Å²) in [5.41, 5.74) is -0.959. The summed E-state index contributed by atoms with van der Waals surface area (Å²) in [5.74, 6) is -0.967. The predicted octanol–water partition coefficient (Wildman–Crippen LogP) is 0.250. The van der Waals surface area contributed by atoms with Crippen LogP contribution in [0.25, 0.3) is 0 Å². The Balaban J connectivity index is 1.65. The molecule has 2 bridgehead atoms. The number of nitrogens with one attached hydrogen (secondary N) is 2. The Morgan fingerprint density at radius 2 is 2.06 bits per heavy atom. The lowest BCUT2D eigenvalue weighted by Gasteiger charge is -2.39. The van der Waals surface area contributed by atoms with Crippen LogP contribution in [0.5, 0.6) is 0 Å². The molecule has 3 N–H and O–H groups in total. The van der Waals surface area contributed by atoms with Gasteiger partial charge in [0.2, 0.25) is 5.91 Å². The molecule has 94 valence electrons. The monoisotopic (exact) mass is 238 g/mol. The molecule has 2 saturated heterocycles. The van der Waals surface area contributed by atoms with Gasteiger partial charge in [0.05, 0.1) is 5.92 Å². The molecule has 0 aromatic carbocycles. The van der Waals surface area contributed by atoms with E-state index in [9.17, 15) is 14.7 Å². The zero-order chi connectivity index (χ0) is 12.0. The second-order valence-corrected chi connectivity index (χ2v) is 5.62. The van der Waals surface area contributed by atoms with Crippen molar-refractivity contribution in [3.63, 3.8) is 0 Å². The molecule has 5 nitrogen and oxygen atoms in total. The molecule has 0 aromatic heterocycles. The molecule has 1 saturated carbocycles. The molecule has 5 heteroatoms. The summed E-state index contributed by atoms with van der Waals surface area (Å²) in [6, 6.07) is 0.740. The fourth-order valence-corrected chi connectivity index (χ4v) is 3.37. The van der Waals surface area contributed by atoms with E-state index in [1.165, 1.54) is 0 Å². The molecule has 0 aromatic rings. The van der Waals surface area contributed by atoms with E-state index in [0.717, 1.165) is 25.7 Å². The van der Waals surface area contributed by atoms with Crippen LogP contribution in [-0.2, 0) is 9.59 Å². The minimum atomic E-state index is -0.959. The van der Waals surface area contributed by atoms with Crippen molar-refractivity contribution in [1.82, 2.24) is 10.6 Å². The zero-order valence-corrected chi connectivity index (χ0v) is 9.74. The third-order valence-electron chi connectivity index (χ3n) is 4.62. The average molecular weight is 238 g/mol. The Morgan fingerprint density at radius 3 is 2.47 bits per heavy atom. The average Bonchev–Trinajstić information content (AvgIpc) is 2.83. The lowest BCUT2D eigenvalue weighted by molar-refractivity contribution is -0.152. The molecule has 3 atom stereocenters. The Morgan fingerprint density at radius 1 is 1.29 bits per heavy atom. The van der Waals surface area contributed by atoms with Crippen LogP contribution in [0.3, 0.4) is 0 Å². The molecular weight excluding hydrogens is 220 g/mol. The van der Waals surface area contributed by atoms with Crippen LogP contribution in [0.1, 0.15) is 38.5 Å². The molecule has 3 rings (SSSR count). The van der Waals surface area contributed by atoms with Gasteiger partial charge in [-0.3, -0.25) is 4.79 Å². The maximum absolute atomic E-state index is 12.1. The summed E-state index contributed by atoms with van der Waals surface area (Å²) in [5, 5.41) is 15.4. The second-order valence-electron chi connectivity index (χ2n) is 5.62. The molecular formula is C12H18N2O3. The first-order valence-electron chi connectivity index (χ1n) is 6.42. The number of carbonyl (C=O) groups excluding carboxylic acids is 1. The summed E-state index contributed by atoms with van der Waals surface area (Å²) >= 11 is 0. The largest absolute Gasteiger partial charge is 0.480 e. The molecule has 1 aliphatic carbocycles. The van der Waals surface area contributed by atoms with Crippen LogP contribution in [0, 0.1) is 5.92 Å². The number of amides is 1. The van der Waals surface area contributed by atoms with Crippen molar-refractivity contribution in [2.75, 3.05) is 0 Å². The van der Waals surface area contributed by atoms with Crippen LogP contribution >= 0.6 is 0 Å². The van der Waals surface area contributed by atoms with E-state index in [1.807, 2.05) is 0 Å². The van der Waals surface area contributed by atoms with Crippen molar-refractivity contribution in [3.8, 4) is 0 Å². The van der Waals surface area contributed by atoms with Gasteiger partial charge in [0.1, 0.15) is 5.54 Å². The fraction of sp³-hybridized carbons (Fsp3) is 0.833. The van der Waals surface area contributed by atoms with Gasteiger partial charge in [0, 0.05) is 12.1 Å². The minimum Gasteiger partial charge on any atom is -0.480 e. The normalized spacial score (nSPS) is 37.5. The van der Waals surface area contributed by atoms with Crippen LogP contribution in [-0.4, -0.2) is 34.6 Å². The molecule has 3 fully saturated rings. The highest BCUT2D eigenvalue weighted by Crippen LogP contribution is 2.36. The van der Waals surface area contributed by atoms with E-state index in [4.69, 9.17) is 0 Å². The van der Waals surface area contributed by atoms with E-state index in [-0.39, 0.29) is 17.9 Å². The number of hydrogen-bond acceptors (Lipinski definition) is 3. The molecule has 0 spiro atoms. The molecule has 17 heavy (non-hydrogen) atoms. The van der Waals surface area contributed by atoms with Crippen molar-refractivity contribution in [3.05, 3.63) is 0 Å². The van der Waals surface area contributed by atoms with Gasteiger partial charge in [-0.05, 0) is 38.5 Å².